The molecule has 0 aliphatic rings. The first-order valence-corrected chi connectivity index (χ1v) is 8.78. The molecule has 2 N–H and O–H groups in total. The number of H-pyrrole nitrogens is 1. The van der Waals surface area contributed by atoms with E-state index in [1.165, 1.54) is 0 Å². The van der Waals surface area contributed by atoms with Crippen molar-refractivity contribution in [1.82, 2.24) is 4.98 Å². The molecule has 0 unspecified atom stereocenters. The van der Waals surface area contributed by atoms with Gasteiger partial charge in [0, 0.05) is 6.07 Å². The molecule has 0 aliphatic heterocycles. The lowest BCUT2D eigenvalue weighted by Crippen LogP contribution is -2.28. The predicted molar refractivity (Wildman–Crippen MR) is 98.1 cm³/mol. The van der Waals surface area contributed by atoms with Crippen molar-refractivity contribution in [2.24, 2.45) is 5.92 Å². The lowest BCUT2D eigenvalue weighted by molar-refractivity contribution is -0.465. The molecule has 0 spiro atoms. The van der Waals surface area contributed by atoms with Gasteiger partial charge < -0.3 is 5.32 Å². The van der Waals surface area contributed by atoms with Gasteiger partial charge in [-0.15, -0.1) is 0 Å². The minimum Gasteiger partial charge on any atom is -0.305 e. The SMILES string of the molecule is CCCc1cc(NCCC(C)C)[n+]2c([nH]c3ccccc32)c1C#N. The van der Waals surface area contributed by atoms with Crippen LogP contribution in [0.3, 0.4) is 0 Å². The number of imidazole rings is 1. The second-order valence-electron chi connectivity index (χ2n) is 6.73. The van der Waals surface area contributed by atoms with Crippen LogP contribution in [-0.2, 0) is 6.42 Å². The van der Waals surface area contributed by atoms with E-state index in [1.54, 1.807) is 0 Å². The van der Waals surface area contributed by atoms with E-state index in [-0.39, 0.29) is 0 Å². The molecular weight excluding hydrogens is 296 g/mol. The van der Waals surface area contributed by atoms with E-state index in [0.29, 0.717) is 5.92 Å². The van der Waals surface area contributed by atoms with Crippen molar-refractivity contribution >= 4 is 22.5 Å². The van der Waals surface area contributed by atoms with Crippen LogP contribution in [0.15, 0.2) is 30.3 Å². The Hall–Kier alpha value is -2.54. The van der Waals surface area contributed by atoms with Crippen LogP contribution in [0.1, 0.15) is 44.7 Å². The van der Waals surface area contributed by atoms with Gasteiger partial charge in [-0.1, -0.05) is 39.3 Å². The number of hydrogen-bond acceptors (Lipinski definition) is 2. The van der Waals surface area contributed by atoms with Crippen molar-refractivity contribution in [3.05, 3.63) is 41.5 Å². The summed E-state index contributed by atoms with van der Waals surface area (Å²) in [5.41, 5.74) is 4.89. The minimum absolute atomic E-state index is 0.662. The summed E-state index contributed by atoms with van der Waals surface area (Å²) in [4.78, 5) is 3.44. The van der Waals surface area contributed by atoms with Crippen LogP contribution in [0, 0.1) is 17.2 Å². The number of rotatable bonds is 6. The van der Waals surface area contributed by atoms with Crippen LogP contribution >= 0.6 is 0 Å². The molecule has 1 aromatic carbocycles. The number of benzene rings is 1. The largest absolute Gasteiger partial charge is 0.305 e. The summed E-state index contributed by atoms with van der Waals surface area (Å²) < 4.78 is 2.15. The maximum absolute atomic E-state index is 9.70. The Morgan fingerprint density at radius 2 is 2.08 bits per heavy atom. The van der Waals surface area contributed by atoms with Gasteiger partial charge >= 0.3 is 0 Å². The summed E-state index contributed by atoms with van der Waals surface area (Å²) in [5, 5.41) is 13.3. The van der Waals surface area contributed by atoms with Crippen LogP contribution in [-0.4, -0.2) is 11.5 Å². The van der Waals surface area contributed by atoms with Gasteiger partial charge in [0.2, 0.25) is 11.5 Å². The standard InChI is InChI=1S/C20H24N4/c1-4-7-15-12-19(22-11-10-14(2)3)24-18-9-6-5-8-17(18)23-20(24)16(15)13-21/h5-6,8-9,12,14H,4,7,10-11H2,1-3H3,(H,22,23)/p+1. The average molecular weight is 321 g/mol. The van der Waals surface area contributed by atoms with Crippen LogP contribution in [0.5, 0.6) is 0 Å². The third-order valence-corrected chi connectivity index (χ3v) is 4.39. The number of nitrogens with one attached hydrogen (secondary N) is 2. The molecule has 0 bridgehead atoms. The Balaban J connectivity index is 2.21. The van der Waals surface area contributed by atoms with Crippen LogP contribution in [0.25, 0.3) is 16.7 Å². The summed E-state index contributed by atoms with van der Waals surface area (Å²) in [6.45, 7) is 7.54. The molecule has 0 saturated carbocycles. The van der Waals surface area contributed by atoms with Gasteiger partial charge in [-0.3, -0.25) is 4.98 Å². The molecule has 0 amide bonds. The van der Waals surface area contributed by atoms with Crippen LogP contribution in [0.2, 0.25) is 0 Å². The number of nitrogens with zero attached hydrogens (tertiary/aromatic N) is 2. The topological polar surface area (TPSA) is 55.7 Å². The highest BCUT2D eigenvalue weighted by molar-refractivity contribution is 5.77. The molecule has 0 saturated heterocycles. The van der Waals surface area contributed by atoms with Gasteiger partial charge in [0.05, 0.1) is 6.54 Å². The number of aromatic nitrogens is 2. The van der Waals surface area contributed by atoms with Crippen LogP contribution < -0.4 is 9.72 Å². The fourth-order valence-electron chi connectivity index (χ4n) is 3.17. The monoisotopic (exact) mass is 321 g/mol. The summed E-state index contributed by atoms with van der Waals surface area (Å²) in [6.07, 6.45) is 3.05. The van der Waals surface area contributed by atoms with E-state index in [2.05, 4.69) is 59.7 Å². The van der Waals surface area contributed by atoms with Crippen molar-refractivity contribution in [3.8, 4) is 6.07 Å². The Morgan fingerprint density at radius 1 is 1.29 bits per heavy atom. The molecule has 0 fully saturated rings. The predicted octanol–water partition coefficient (Wildman–Crippen LogP) is 4.19. The van der Waals surface area contributed by atoms with Gasteiger partial charge in [0.1, 0.15) is 22.7 Å². The Morgan fingerprint density at radius 3 is 2.79 bits per heavy atom. The second-order valence-corrected chi connectivity index (χ2v) is 6.73. The fraction of sp³-hybridized carbons (Fsp3) is 0.400. The van der Waals surface area contributed by atoms with E-state index in [1.807, 2.05) is 12.1 Å². The van der Waals surface area contributed by atoms with Crippen LogP contribution in [0.4, 0.5) is 5.82 Å². The summed E-state index contributed by atoms with van der Waals surface area (Å²) in [6, 6.07) is 12.8. The van der Waals surface area contributed by atoms with E-state index in [4.69, 9.17) is 0 Å². The lowest BCUT2D eigenvalue weighted by atomic mass is 10.1. The van der Waals surface area contributed by atoms with E-state index in [9.17, 15) is 5.26 Å². The third-order valence-electron chi connectivity index (χ3n) is 4.39. The van der Waals surface area contributed by atoms with Gasteiger partial charge in [-0.25, -0.2) is 0 Å². The molecule has 0 aliphatic carbocycles. The molecule has 24 heavy (non-hydrogen) atoms. The Bertz CT molecular complexity index is 899. The number of aryl methyl sites for hydroxylation is 1. The van der Waals surface area contributed by atoms with Crippen molar-refractivity contribution in [2.45, 2.75) is 40.0 Å². The maximum Gasteiger partial charge on any atom is 0.250 e. The number of aromatic amines is 1. The van der Waals surface area contributed by atoms with E-state index < -0.39 is 0 Å². The van der Waals surface area contributed by atoms with Crippen molar-refractivity contribution in [3.63, 3.8) is 0 Å². The first kappa shape index (κ1) is 16.3. The zero-order valence-corrected chi connectivity index (χ0v) is 14.7. The molecule has 0 radical (unpaired) electrons. The molecule has 3 aromatic rings. The normalized spacial score (nSPS) is 11.3. The zero-order valence-electron chi connectivity index (χ0n) is 14.7. The fourth-order valence-corrected chi connectivity index (χ4v) is 3.17. The number of para-hydroxylation sites is 2. The molecule has 3 rings (SSSR count). The first-order valence-electron chi connectivity index (χ1n) is 8.78. The molecule has 4 heteroatoms. The summed E-state index contributed by atoms with van der Waals surface area (Å²) >= 11 is 0. The Kier molecular flexibility index (Phi) is 4.71. The van der Waals surface area contributed by atoms with Gasteiger partial charge in [0.15, 0.2) is 0 Å². The highest BCUT2D eigenvalue weighted by atomic mass is 15.1. The average Bonchev–Trinajstić information content (AvgIpc) is 2.94. The van der Waals surface area contributed by atoms with E-state index in [0.717, 1.165) is 59.4 Å². The summed E-state index contributed by atoms with van der Waals surface area (Å²) in [7, 11) is 0. The number of fused-ring (bicyclic) bond motifs is 3. The molecular formula is C20H25N4+. The van der Waals surface area contributed by atoms with Crippen molar-refractivity contribution < 1.29 is 4.40 Å². The molecule has 2 heterocycles. The number of anilines is 1. The van der Waals surface area contributed by atoms with Gasteiger partial charge in [-0.2, -0.15) is 9.66 Å². The zero-order chi connectivity index (χ0) is 17.1. The highest BCUT2D eigenvalue weighted by Gasteiger charge is 2.21. The lowest BCUT2D eigenvalue weighted by Gasteiger charge is -2.09. The van der Waals surface area contributed by atoms with Crippen molar-refractivity contribution in [2.75, 3.05) is 11.9 Å². The molecule has 0 atom stereocenters. The second kappa shape index (κ2) is 6.92. The third kappa shape index (κ3) is 2.94. The number of nitriles is 1. The van der Waals surface area contributed by atoms with Gasteiger partial charge in [0.25, 0.3) is 0 Å². The number of hydrogen-bond donors (Lipinski definition) is 2. The summed E-state index contributed by atoms with van der Waals surface area (Å²) in [5.74, 6) is 1.72. The van der Waals surface area contributed by atoms with Crippen molar-refractivity contribution in [1.29, 1.82) is 5.26 Å². The molecule has 2 aromatic heterocycles. The number of pyridine rings is 1. The smallest absolute Gasteiger partial charge is 0.250 e. The minimum atomic E-state index is 0.662. The first-order chi connectivity index (χ1) is 11.7. The highest BCUT2D eigenvalue weighted by Crippen LogP contribution is 2.21. The molecule has 124 valence electrons. The molecule has 4 nitrogen and oxygen atoms in total. The van der Waals surface area contributed by atoms with E-state index >= 15 is 0 Å². The maximum atomic E-state index is 9.70. The van der Waals surface area contributed by atoms with Gasteiger partial charge in [-0.05, 0) is 36.5 Å². The quantitative estimate of drug-likeness (QED) is 0.669. The Labute approximate surface area is 143 Å².